The first-order chi connectivity index (χ1) is 11.7. The van der Waals surface area contributed by atoms with Crippen molar-refractivity contribution in [2.75, 3.05) is 6.61 Å². The maximum absolute atomic E-state index is 12.8. The van der Waals surface area contributed by atoms with Gasteiger partial charge in [-0.1, -0.05) is 18.6 Å². The molecule has 2 aliphatic rings. The molecule has 1 amide bonds. The molecule has 1 aromatic carbocycles. The summed E-state index contributed by atoms with van der Waals surface area (Å²) in [5, 5.41) is 14.4. The Hall–Kier alpha value is -2.28. The van der Waals surface area contributed by atoms with Crippen LogP contribution in [0, 0.1) is 5.41 Å². The molecule has 2 fully saturated rings. The van der Waals surface area contributed by atoms with Gasteiger partial charge in [-0.25, -0.2) is 0 Å². The van der Waals surface area contributed by atoms with Crippen molar-refractivity contribution in [3.8, 4) is 5.69 Å². The number of para-hydroxylation sites is 1. The molecule has 0 saturated heterocycles. The van der Waals surface area contributed by atoms with Gasteiger partial charge in [-0.2, -0.15) is 4.68 Å². The van der Waals surface area contributed by atoms with Crippen LogP contribution in [0.5, 0.6) is 0 Å². The van der Waals surface area contributed by atoms with Gasteiger partial charge in [0.15, 0.2) is 0 Å². The van der Waals surface area contributed by atoms with Crippen molar-refractivity contribution in [2.45, 2.75) is 44.8 Å². The zero-order chi connectivity index (χ0) is 16.6. The average Bonchev–Trinajstić information content (AvgIpc) is 3.06. The summed E-state index contributed by atoms with van der Waals surface area (Å²) in [7, 11) is 0. The van der Waals surface area contributed by atoms with E-state index in [1.165, 1.54) is 17.4 Å². The van der Waals surface area contributed by atoms with Crippen LogP contribution in [0.25, 0.3) is 5.69 Å². The average molecular weight is 327 g/mol. The number of carbonyl (C=O) groups excluding carboxylic acids is 1. The smallest absolute Gasteiger partial charge is 0.253 e. The van der Waals surface area contributed by atoms with Crippen molar-refractivity contribution in [1.29, 1.82) is 0 Å². The van der Waals surface area contributed by atoms with Crippen molar-refractivity contribution in [1.82, 2.24) is 25.5 Å². The van der Waals surface area contributed by atoms with E-state index < -0.39 is 0 Å². The topological polar surface area (TPSA) is 81.9 Å². The van der Waals surface area contributed by atoms with Crippen LogP contribution in [0.1, 0.15) is 43.0 Å². The molecule has 1 spiro atoms. The van der Waals surface area contributed by atoms with Crippen LogP contribution in [0.3, 0.4) is 0 Å². The highest BCUT2D eigenvalue weighted by Gasteiger charge is 2.59. The second-order valence-electron chi connectivity index (χ2n) is 6.56. The number of tetrazole rings is 1. The number of rotatable bonds is 5. The van der Waals surface area contributed by atoms with Crippen LogP contribution in [-0.2, 0) is 4.74 Å². The van der Waals surface area contributed by atoms with Gasteiger partial charge in [0.25, 0.3) is 5.91 Å². The molecule has 2 aromatic rings. The van der Waals surface area contributed by atoms with Gasteiger partial charge in [-0.15, -0.1) is 5.10 Å². The summed E-state index contributed by atoms with van der Waals surface area (Å²) in [5.74, 6) is -0.0766. The molecule has 7 heteroatoms. The van der Waals surface area contributed by atoms with E-state index in [-0.39, 0.29) is 23.5 Å². The van der Waals surface area contributed by atoms with Gasteiger partial charge in [0.05, 0.1) is 17.4 Å². The molecule has 126 valence electrons. The quantitative estimate of drug-likeness (QED) is 0.904. The SMILES string of the molecule is CCO[C@H]1C[C@@H](NC(=O)c2ccccc2-n2cnnn2)C12CCC2. The number of carbonyl (C=O) groups is 1. The van der Waals surface area contributed by atoms with Crippen molar-refractivity contribution < 1.29 is 9.53 Å². The summed E-state index contributed by atoms with van der Waals surface area (Å²) < 4.78 is 7.37. The lowest BCUT2D eigenvalue weighted by Gasteiger charge is -2.61. The van der Waals surface area contributed by atoms with E-state index in [2.05, 4.69) is 20.8 Å². The number of hydrogen-bond acceptors (Lipinski definition) is 5. The van der Waals surface area contributed by atoms with Crippen molar-refractivity contribution in [2.24, 2.45) is 5.41 Å². The van der Waals surface area contributed by atoms with Crippen LogP contribution in [0.4, 0.5) is 0 Å². The number of benzene rings is 1. The molecule has 1 N–H and O–H groups in total. The fourth-order valence-electron chi connectivity index (χ4n) is 4.01. The monoisotopic (exact) mass is 327 g/mol. The van der Waals surface area contributed by atoms with Crippen molar-refractivity contribution >= 4 is 5.91 Å². The summed E-state index contributed by atoms with van der Waals surface area (Å²) in [6, 6.07) is 7.56. The lowest BCUT2D eigenvalue weighted by atomic mass is 9.51. The molecule has 4 rings (SSSR count). The second-order valence-corrected chi connectivity index (χ2v) is 6.56. The minimum atomic E-state index is -0.0766. The van der Waals surface area contributed by atoms with Crippen molar-refractivity contribution in [3.63, 3.8) is 0 Å². The molecule has 0 unspecified atom stereocenters. The molecule has 24 heavy (non-hydrogen) atoms. The van der Waals surface area contributed by atoms with E-state index in [1.54, 1.807) is 6.07 Å². The summed E-state index contributed by atoms with van der Waals surface area (Å²) in [5.41, 5.74) is 1.41. The maximum Gasteiger partial charge on any atom is 0.253 e. The van der Waals surface area contributed by atoms with E-state index in [4.69, 9.17) is 4.74 Å². The largest absolute Gasteiger partial charge is 0.378 e. The highest BCUT2D eigenvalue weighted by atomic mass is 16.5. The Labute approximate surface area is 140 Å². The highest BCUT2D eigenvalue weighted by Crippen LogP contribution is 2.57. The summed E-state index contributed by atoms with van der Waals surface area (Å²) in [4.78, 5) is 12.8. The van der Waals surface area contributed by atoms with E-state index in [0.29, 0.717) is 11.3 Å². The summed E-state index contributed by atoms with van der Waals surface area (Å²) in [6.07, 6.45) is 6.17. The molecule has 7 nitrogen and oxygen atoms in total. The van der Waals surface area contributed by atoms with E-state index in [1.807, 2.05) is 25.1 Å². The molecular weight excluding hydrogens is 306 g/mol. The maximum atomic E-state index is 12.8. The first-order valence-corrected chi connectivity index (χ1v) is 8.49. The third-order valence-electron chi connectivity index (χ3n) is 5.49. The molecule has 2 atom stereocenters. The number of nitrogens with one attached hydrogen (secondary N) is 1. The van der Waals surface area contributed by atoms with Crippen LogP contribution in [0.15, 0.2) is 30.6 Å². The standard InChI is InChI=1S/C17H21N5O2/c1-2-24-15-10-14(17(15)8-5-9-17)19-16(23)12-6-3-4-7-13(12)22-11-18-20-21-22/h3-4,6-7,11,14-15H,2,5,8-10H2,1H3,(H,19,23)/t14-,15+/m1/s1. The number of ether oxygens (including phenoxy) is 1. The summed E-state index contributed by atoms with van der Waals surface area (Å²) in [6.45, 7) is 2.76. The van der Waals surface area contributed by atoms with Crippen LogP contribution < -0.4 is 5.32 Å². The van der Waals surface area contributed by atoms with Gasteiger partial charge in [0.1, 0.15) is 6.33 Å². The predicted octanol–water partition coefficient (Wildman–Crippen LogP) is 1.74. The predicted molar refractivity (Wildman–Crippen MR) is 86.7 cm³/mol. The van der Waals surface area contributed by atoms with Gasteiger partial charge >= 0.3 is 0 Å². The second kappa shape index (κ2) is 5.98. The Bertz CT molecular complexity index is 726. The van der Waals surface area contributed by atoms with Gasteiger partial charge in [-0.3, -0.25) is 4.79 Å². The van der Waals surface area contributed by atoms with E-state index in [9.17, 15) is 4.79 Å². The molecule has 2 aliphatic carbocycles. The minimum Gasteiger partial charge on any atom is -0.378 e. The highest BCUT2D eigenvalue weighted by molar-refractivity contribution is 5.98. The Balaban J connectivity index is 1.52. The minimum absolute atomic E-state index is 0.0766. The zero-order valence-corrected chi connectivity index (χ0v) is 13.7. The number of aromatic nitrogens is 4. The number of amides is 1. The van der Waals surface area contributed by atoms with Crippen LogP contribution >= 0.6 is 0 Å². The van der Waals surface area contributed by atoms with Crippen molar-refractivity contribution in [3.05, 3.63) is 36.2 Å². The van der Waals surface area contributed by atoms with Gasteiger partial charge in [-0.05, 0) is 48.7 Å². The molecule has 0 radical (unpaired) electrons. The number of nitrogens with zero attached hydrogens (tertiary/aromatic N) is 4. The first kappa shape index (κ1) is 15.3. The Morgan fingerprint density at radius 3 is 2.92 bits per heavy atom. The lowest BCUT2D eigenvalue weighted by molar-refractivity contribution is -0.169. The van der Waals surface area contributed by atoms with E-state index >= 15 is 0 Å². The Morgan fingerprint density at radius 1 is 1.42 bits per heavy atom. The molecular formula is C17H21N5O2. The van der Waals surface area contributed by atoms with Gasteiger partial charge < -0.3 is 10.1 Å². The van der Waals surface area contributed by atoms with E-state index in [0.717, 1.165) is 25.9 Å². The fraction of sp³-hybridized carbons (Fsp3) is 0.529. The van der Waals surface area contributed by atoms with Gasteiger partial charge in [0.2, 0.25) is 0 Å². The Morgan fingerprint density at radius 2 is 2.25 bits per heavy atom. The fourth-order valence-corrected chi connectivity index (χ4v) is 4.01. The lowest BCUT2D eigenvalue weighted by Crippen LogP contribution is -2.67. The molecule has 1 heterocycles. The van der Waals surface area contributed by atoms with Crippen LogP contribution in [0.2, 0.25) is 0 Å². The van der Waals surface area contributed by atoms with Crippen LogP contribution in [-0.4, -0.2) is 44.9 Å². The first-order valence-electron chi connectivity index (χ1n) is 8.49. The number of hydrogen-bond donors (Lipinski definition) is 1. The third-order valence-corrected chi connectivity index (χ3v) is 5.49. The molecule has 0 bridgehead atoms. The third kappa shape index (κ3) is 2.31. The molecule has 1 aromatic heterocycles. The zero-order valence-electron chi connectivity index (χ0n) is 13.7. The normalized spacial score (nSPS) is 24.2. The molecule has 2 saturated carbocycles. The van der Waals surface area contributed by atoms with Gasteiger partial charge in [0, 0.05) is 18.1 Å². The molecule has 0 aliphatic heterocycles. The Kier molecular flexibility index (Phi) is 3.80. The summed E-state index contributed by atoms with van der Waals surface area (Å²) >= 11 is 0.